The number of carbonyl (C=O) groups is 2. The first-order valence-electron chi connectivity index (χ1n) is 11.0. The van der Waals surface area contributed by atoms with Crippen LogP contribution >= 0.6 is 11.3 Å². The maximum Gasteiger partial charge on any atom is 0.254 e. The Morgan fingerprint density at radius 2 is 1.90 bits per heavy atom. The predicted molar refractivity (Wildman–Crippen MR) is 121 cm³/mol. The first-order chi connectivity index (χ1) is 14.7. The van der Waals surface area contributed by atoms with Crippen molar-refractivity contribution in [1.82, 2.24) is 5.32 Å². The molecule has 30 heavy (non-hydrogen) atoms. The lowest BCUT2D eigenvalue weighted by molar-refractivity contribution is -0.115. The fourth-order valence-corrected chi connectivity index (χ4v) is 5.80. The van der Waals surface area contributed by atoms with Crippen molar-refractivity contribution in [3.05, 3.63) is 50.9 Å². The molecular weight excluding hydrogens is 396 g/mol. The lowest BCUT2D eigenvalue weighted by Crippen LogP contribution is -2.27. The van der Waals surface area contributed by atoms with Crippen molar-refractivity contribution in [3.63, 3.8) is 0 Å². The molecule has 0 bridgehead atoms. The lowest BCUT2D eigenvalue weighted by atomic mass is 9.95. The molecule has 2 N–H and O–H groups in total. The Balaban J connectivity index is 1.48. The molecule has 4 rings (SSSR count). The lowest BCUT2D eigenvalue weighted by Gasteiger charge is -2.13. The Morgan fingerprint density at radius 1 is 1.07 bits per heavy atom. The summed E-state index contributed by atoms with van der Waals surface area (Å²) in [6.45, 7) is 1.19. The van der Waals surface area contributed by atoms with Crippen LogP contribution in [0.15, 0.2) is 18.2 Å². The smallest absolute Gasteiger partial charge is 0.254 e. The minimum absolute atomic E-state index is 0.0556. The highest BCUT2D eigenvalue weighted by atomic mass is 32.1. The molecule has 2 aliphatic carbocycles. The molecular formula is C24H30N2O3S. The minimum atomic E-state index is -0.0849. The maximum absolute atomic E-state index is 12.9. The van der Waals surface area contributed by atoms with Crippen LogP contribution in [-0.2, 0) is 41.6 Å². The number of amides is 2. The molecule has 6 heteroatoms. The zero-order valence-electron chi connectivity index (χ0n) is 17.6. The Morgan fingerprint density at radius 3 is 2.77 bits per heavy atom. The molecule has 0 unspecified atom stereocenters. The van der Waals surface area contributed by atoms with E-state index in [1.807, 2.05) is 0 Å². The summed E-state index contributed by atoms with van der Waals surface area (Å²) in [6, 6.07) is 6.39. The number of hydrogen-bond acceptors (Lipinski definition) is 4. The zero-order valence-corrected chi connectivity index (χ0v) is 18.5. The number of fused-ring (bicyclic) bond motifs is 2. The number of hydrogen-bond donors (Lipinski definition) is 2. The van der Waals surface area contributed by atoms with E-state index in [0.717, 1.165) is 56.1 Å². The zero-order chi connectivity index (χ0) is 20.9. The van der Waals surface area contributed by atoms with Crippen molar-refractivity contribution < 1.29 is 14.3 Å². The predicted octanol–water partition coefficient (Wildman–Crippen LogP) is 4.06. The molecule has 0 radical (unpaired) electrons. The summed E-state index contributed by atoms with van der Waals surface area (Å²) in [5.74, 6) is -0.140. The number of methoxy groups -OCH3 is 1. The molecule has 0 saturated heterocycles. The summed E-state index contributed by atoms with van der Waals surface area (Å²) in [5, 5.41) is 6.76. The molecule has 2 aliphatic rings. The highest BCUT2D eigenvalue weighted by molar-refractivity contribution is 7.17. The van der Waals surface area contributed by atoms with Crippen molar-refractivity contribution in [3.8, 4) is 0 Å². The van der Waals surface area contributed by atoms with Crippen LogP contribution in [0, 0.1) is 0 Å². The van der Waals surface area contributed by atoms with E-state index in [1.54, 1.807) is 18.4 Å². The van der Waals surface area contributed by atoms with Gasteiger partial charge in [-0.25, -0.2) is 0 Å². The second-order valence-corrected chi connectivity index (χ2v) is 9.30. The van der Waals surface area contributed by atoms with Crippen LogP contribution in [0.5, 0.6) is 0 Å². The van der Waals surface area contributed by atoms with Gasteiger partial charge in [0.05, 0.1) is 12.0 Å². The van der Waals surface area contributed by atoms with Crippen molar-refractivity contribution in [2.24, 2.45) is 0 Å². The monoisotopic (exact) mass is 426 g/mol. The van der Waals surface area contributed by atoms with Gasteiger partial charge in [0, 0.05) is 25.1 Å². The van der Waals surface area contributed by atoms with Crippen LogP contribution in [0.25, 0.3) is 0 Å². The molecule has 2 amide bonds. The number of carbonyl (C=O) groups excluding carboxylic acids is 2. The molecule has 160 valence electrons. The third-order valence-corrected chi connectivity index (χ3v) is 7.20. The summed E-state index contributed by atoms with van der Waals surface area (Å²) in [4.78, 5) is 27.0. The van der Waals surface area contributed by atoms with E-state index >= 15 is 0 Å². The Hall–Kier alpha value is -2.18. The molecule has 2 aromatic rings. The van der Waals surface area contributed by atoms with Gasteiger partial charge in [0.2, 0.25) is 5.91 Å². The van der Waals surface area contributed by atoms with E-state index in [1.165, 1.54) is 22.4 Å². The van der Waals surface area contributed by atoms with E-state index in [9.17, 15) is 9.59 Å². The van der Waals surface area contributed by atoms with Gasteiger partial charge in [0.15, 0.2) is 0 Å². The first-order valence-corrected chi connectivity index (χ1v) is 11.8. The molecule has 0 aliphatic heterocycles. The molecule has 0 saturated carbocycles. The van der Waals surface area contributed by atoms with Crippen LogP contribution in [0.1, 0.15) is 63.2 Å². The largest absolute Gasteiger partial charge is 0.385 e. The van der Waals surface area contributed by atoms with E-state index in [-0.39, 0.29) is 11.8 Å². The summed E-state index contributed by atoms with van der Waals surface area (Å²) < 4.78 is 5.06. The second-order valence-electron chi connectivity index (χ2n) is 8.20. The van der Waals surface area contributed by atoms with Gasteiger partial charge in [-0.2, -0.15) is 0 Å². The number of rotatable bonds is 8. The van der Waals surface area contributed by atoms with Crippen LogP contribution in [0.4, 0.5) is 5.00 Å². The molecule has 1 heterocycles. The van der Waals surface area contributed by atoms with Gasteiger partial charge in [-0.1, -0.05) is 18.2 Å². The van der Waals surface area contributed by atoms with Crippen LogP contribution in [0.3, 0.4) is 0 Å². The quantitative estimate of drug-likeness (QED) is 0.626. The van der Waals surface area contributed by atoms with Gasteiger partial charge in [-0.3, -0.25) is 9.59 Å². The van der Waals surface area contributed by atoms with E-state index < -0.39 is 0 Å². The molecule has 0 atom stereocenters. The van der Waals surface area contributed by atoms with E-state index in [4.69, 9.17) is 4.74 Å². The van der Waals surface area contributed by atoms with Crippen molar-refractivity contribution in [1.29, 1.82) is 0 Å². The van der Waals surface area contributed by atoms with E-state index in [0.29, 0.717) is 30.1 Å². The highest BCUT2D eigenvalue weighted by Crippen LogP contribution is 2.38. The molecule has 5 nitrogen and oxygen atoms in total. The van der Waals surface area contributed by atoms with Crippen LogP contribution in [-0.4, -0.2) is 32.1 Å². The van der Waals surface area contributed by atoms with Gasteiger partial charge in [0.1, 0.15) is 5.00 Å². The van der Waals surface area contributed by atoms with Crippen LogP contribution in [0.2, 0.25) is 0 Å². The molecule has 1 aromatic carbocycles. The number of anilines is 1. The van der Waals surface area contributed by atoms with Gasteiger partial charge < -0.3 is 15.4 Å². The molecule has 0 fully saturated rings. The average Bonchev–Trinajstić information content (AvgIpc) is 3.34. The normalized spacial score (nSPS) is 14.8. The average molecular weight is 427 g/mol. The van der Waals surface area contributed by atoms with E-state index in [2.05, 4.69) is 28.8 Å². The molecule has 0 spiro atoms. The number of benzene rings is 1. The standard InChI is InChI=1S/C24H30N2O3S/c1-29-13-5-12-25-23(28)22-19-8-2-3-9-20(19)30-24(22)26-21(27)15-16-10-11-17-6-4-7-18(17)14-16/h10-11,14H,2-9,12-13,15H2,1H3,(H,25,28)(H,26,27). The third kappa shape index (κ3) is 4.76. The van der Waals surface area contributed by atoms with Crippen molar-refractivity contribution >= 4 is 28.2 Å². The van der Waals surface area contributed by atoms with Gasteiger partial charge >= 0.3 is 0 Å². The third-order valence-electron chi connectivity index (χ3n) is 5.99. The summed E-state index contributed by atoms with van der Waals surface area (Å²) in [6.07, 6.45) is 8.70. The van der Waals surface area contributed by atoms with Gasteiger partial charge in [0.25, 0.3) is 5.91 Å². The summed E-state index contributed by atoms with van der Waals surface area (Å²) in [5.41, 5.74) is 5.64. The van der Waals surface area contributed by atoms with Crippen molar-refractivity contribution in [2.75, 3.05) is 25.6 Å². The Bertz CT molecular complexity index is 935. The Kier molecular flexibility index (Phi) is 6.85. The maximum atomic E-state index is 12.9. The van der Waals surface area contributed by atoms with Crippen molar-refractivity contribution in [2.45, 2.75) is 57.8 Å². The summed E-state index contributed by atoms with van der Waals surface area (Å²) in [7, 11) is 1.66. The first kappa shape index (κ1) is 21.1. The molecule has 1 aromatic heterocycles. The van der Waals surface area contributed by atoms with Gasteiger partial charge in [-0.15, -0.1) is 11.3 Å². The fourth-order valence-electron chi connectivity index (χ4n) is 4.49. The topological polar surface area (TPSA) is 67.4 Å². The summed E-state index contributed by atoms with van der Waals surface area (Å²) >= 11 is 1.58. The SMILES string of the molecule is COCCCNC(=O)c1c(NC(=O)Cc2ccc3c(c2)CCC3)sc2c1CCCC2. The minimum Gasteiger partial charge on any atom is -0.385 e. The highest BCUT2D eigenvalue weighted by Gasteiger charge is 2.26. The van der Waals surface area contributed by atoms with Gasteiger partial charge in [-0.05, 0) is 73.6 Å². The fraction of sp³-hybridized carbons (Fsp3) is 0.500. The van der Waals surface area contributed by atoms with Crippen LogP contribution < -0.4 is 10.6 Å². The number of aryl methyl sites for hydroxylation is 3. The number of thiophene rings is 1. The number of nitrogens with one attached hydrogen (secondary N) is 2. The number of ether oxygens (including phenoxy) is 1. The second kappa shape index (κ2) is 9.75. The Labute approximate surface area is 182 Å².